The van der Waals surface area contributed by atoms with E-state index < -0.39 is 11.6 Å². The second-order valence-electron chi connectivity index (χ2n) is 4.04. The Balaban J connectivity index is 2.23. The van der Waals surface area contributed by atoms with Crippen LogP contribution in [0.25, 0.3) is 0 Å². The van der Waals surface area contributed by atoms with Gasteiger partial charge in [0.25, 0.3) is 0 Å². The highest BCUT2D eigenvalue weighted by Gasteiger charge is 2.05. The van der Waals surface area contributed by atoms with E-state index in [-0.39, 0.29) is 11.8 Å². The van der Waals surface area contributed by atoms with Crippen molar-refractivity contribution in [1.82, 2.24) is 0 Å². The zero-order valence-corrected chi connectivity index (χ0v) is 9.86. The number of benzene rings is 2. The van der Waals surface area contributed by atoms with Crippen LogP contribution < -0.4 is 10.5 Å². The number of hydrogen-bond donors (Lipinski definition) is 1. The highest BCUT2D eigenvalue weighted by molar-refractivity contribution is 5.35. The smallest absolute Gasteiger partial charge is 0.162 e. The SMILES string of the molecule is CC(N)c1cccc(Oc2ccc(F)c(F)c2)c1. The second kappa shape index (κ2) is 5.14. The summed E-state index contributed by atoms with van der Waals surface area (Å²) in [5, 5.41) is 0. The molecule has 1 atom stereocenters. The van der Waals surface area contributed by atoms with E-state index in [1.807, 2.05) is 13.0 Å². The van der Waals surface area contributed by atoms with Crippen molar-refractivity contribution >= 4 is 0 Å². The Morgan fingerprint density at radius 2 is 1.72 bits per heavy atom. The summed E-state index contributed by atoms with van der Waals surface area (Å²) in [7, 11) is 0. The van der Waals surface area contributed by atoms with Gasteiger partial charge in [-0.3, -0.25) is 0 Å². The molecule has 1 unspecified atom stereocenters. The Labute approximate surface area is 104 Å². The monoisotopic (exact) mass is 249 g/mol. The third kappa shape index (κ3) is 2.84. The Kier molecular flexibility index (Phi) is 3.58. The first-order valence-corrected chi connectivity index (χ1v) is 5.54. The third-order valence-corrected chi connectivity index (χ3v) is 2.51. The number of nitrogens with two attached hydrogens (primary N) is 1. The summed E-state index contributed by atoms with van der Waals surface area (Å²) < 4.78 is 31.2. The van der Waals surface area contributed by atoms with Crippen molar-refractivity contribution < 1.29 is 13.5 Å². The van der Waals surface area contributed by atoms with Crippen LogP contribution in [-0.4, -0.2) is 0 Å². The molecule has 0 heterocycles. The summed E-state index contributed by atoms with van der Waals surface area (Å²) in [5.74, 6) is -1.05. The van der Waals surface area contributed by atoms with E-state index in [0.717, 1.165) is 17.7 Å². The molecule has 0 bridgehead atoms. The fourth-order valence-electron chi connectivity index (χ4n) is 1.54. The first-order chi connectivity index (χ1) is 8.56. The lowest BCUT2D eigenvalue weighted by Crippen LogP contribution is -2.04. The maximum Gasteiger partial charge on any atom is 0.162 e. The number of halogens is 2. The van der Waals surface area contributed by atoms with Crippen molar-refractivity contribution in [2.75, 3.05) is 0 Å². The molecule has 94 valence electrons. The summed E-state index contributed by atoms with van der Waals surface area (Å²) in [4.78, 5) is 0. The molecular formula is C14H13F2NO. The molecule has 0 aliphatic rings. The van der Waals surface area contributed by atoms with Crippen molar-refractivity contribution in [3.05, 3.63) is 59.7 Å². The molecule has 0 fully saturated rings. The second-order valence-corrected chi connectivity index (χ2v) is 4.04. The van der Waals surface area contributed by atoms with E-state index in [1.165, 1.54) is 6.07 Å². The molecule has 0 radical (unpaired) electrons. The van der Waals surface area contributed by atoms with Crippen molar-refractivity contribution in [3.8, 4) is 11.5 Å². The Morgan fingerprint density at radius 1 is 1.00 bits per heavy atom. The molecule has 0 spiro atoms. The standard InChI is InChI=1S/C14H13F2NO/c1-9(17)10-3-2-4-11(7-10)18-12-5-6-13(15)14(16)8-12/h2-9H,17H2,1H3. The summed E-state index contributed by atoms with van der Waals surface area (Å²) >= 11 is 0. The van der Waals surface area contributed by atoms with Gasteiger partial charge in [0.15, 0.2) is 11.6 Å². The predicted molar refractivity (Wildman–Crippen MR) is 65.5 cm³/mol. The average Bonchev–Trinajstić information content (AvgIpc) is 2.34. The van der Waals surface area contributed by atoms with E-state index in [2.05, 4.69) is 0 Å². The average molecular weight is 249 g/mol. The highest BCUT2D eigenvalue weighted by Crippen LogP contribution is 2.25. The minimum atomic E-state index is -0.934. The van der Waals surface area contributed by atoms with E-state index in [4.69, 9.17) is 10.5 Å². The zero-order chi connectivity index (χ0) is 13.1. The van der Waals surface area contributed by atoms with Crippen LogP contribution in [0.2, 0.25) is 0 Å². The highest BCUT2D eigenvalue weighted by atomic mass is 19.2. The van der Waals surface area contributed by atoms with E-state index in [0.29, 0.717) is 5.75 Å². The molecule has 18 heavy (non-hydrogen) atoms. The van der Waals surface area contributed by atoms with E-state index in [9.17, 15) is 8.78 Å². The predicted octanol–water partition coefficient (Wildman–Crippen LogP) is 3.78. The summed E-state index contributed by atoms with van der Waals surface area (Å²) in [6.07, 6.45) is 0. The van der Waals surface area contributed by atoms with Gasteiger partial charge in [0.2, 0.25) is 0 Å². The molecule has 0 aliphatic heterocycles. The summed E-state index contributed by atoms with van der Waals surface area (Å²) in [6.45, 7) is 1.86. The van der Waals surface area contributed by atoms with Crippen LogP contribution in [0, 0.1) is 11.6 Å². The fourth-order valence-corrected chi connectivity index (χ4v) is 1.54. The van der Waals surface area contributed by atoms with Gasteiger partial charge < -0.3 is 10.5 Å². The van der Waals surface area contributed by atoms with Gasteiger partial charge in [0.1, 0.15) is 11.5 Å². The molecule has 0 saturated carbocycles. The molecule has 2 N–H and O–H groups in total. The van der Waals surface area contributed by atoms with Crippen molar-refractivity contribution in [3.63, 3.8) is 0 Å². The topological polar surface area (TPSA) is 35.2 Å². The van der Waals surface area contributed by atoms with Gasteiger partial charge in [0, 0.05) is 12.1 Å². The molecule has 0 aromatic heterocycles. The molecule has 2 nitrogen and oxygen atoms in total. The first-order valence-electron chi connectivity index (χ1n) is 5.54. The molecule has 0 amide bonds. The van der Waals surface area contributed by atoms with Crippen molar-refractivity contribution in [2.45, 2.75) is 13.0 Å². The summed E-state index contributed by atoms with van der Waals surface area (Å²) in [5.41, 5.74) is 6.67. The van der Waals surface area contributed by atoms with E-state index in [1.54, 1.807) is 18.2 Å². The normalized spacial score (nSPS) is 12.2. The van der Waals surface area contributed by atoms with Gasteiger partial charge in [0.05, 0.1) is 0 Å². The Morgan fingerprint density at radius 3 is 2.39 bits per heavy atom. The fraction of sp³-hybridized carbons (Fsp3) is 0.143. The Hall–Kier alpha value is -1.94. The quantitative estimate of drug-likeness (QED) is 0.898. The van der Waals surface area contributed by atoms with Crippen LogP contribution in [0.4, 0.5) is 8.78 Å². The van der Waals surface area contributed by atoms with E-state index >= 15 is 0 Å². The molecule has 2 aromatic rings. The lowest BCUT2D eigenvalue weighted by atomic mass is 10.1. The Bertz CT molecular complexity index is 555. The van der Waals surface area contributed by atoms with Crippen LogP contribution in [0.15, 0.2) is 42.5 Å². The van der Waals surface area contributed by atoms with Crippen molar-refractivity contribution in [1.29, 1.82) is 0 Å². The molecule has 2 rings (SSSR count). The van der Waals surface area contributed by atoms with Gasteiger partial charge in [-0.15, -0.1) is 0 Å². The maximum atomic E-state index is 13.0. The van der Waals surface area contributed by atoms with Gasteiger partial charge in [-0.2, -0.15) is 0 Å². The van der Waals surface area contributed by atoms with Gasteiger partial charge in [-0.1, -0.05) is 12.1 Å². The molecule has 0 aliphatic carbocycles. The lowest BCUT2D eigenvalue weighted by Gasteiger charge is -2.09. The molecule has 4 heteroatoms. The summed E-state index contributed by atoms with van der Waals surface area (Å²) in [6, 6.07) is 10.5. The third-order valence-electron chi connectivity index (χ3n) is 2.51. The maximum absolute atomic E-state index is 13.0. The largest absolute Gasteiger partial charge is 0.457 e. The zero-order valence-electron chi connectivity index (χ0n) is 9.86. The minimum Gasteiger partial charge on any atom is -0.457 e. The van der Waals surface area contributed by atoms with Crippen LogP contribution in [0.5, 0.6) is 11.5 Å². The number of ether oxygens (including phenoxy) is 1. The lowest BCUT2D eigenvalue weighted by molar-refractivity contribution is 0.461. The van der Waals surface area contributed by atoms with Gasteiger partial charge in [-0.05, 0) is 36.8 Å². The first kappa shape index (κ1) is 12.5. The van der Waals surface area contributed by atoms with Crippen LogP contribution >= 0.6 is 0 Å². The van der Waals surface area contributed by atoms with Crippen LogP contribution in [-0.2, 0) is 0 Å². The molecule has 0 saturated heterocycles. The van der Waals surface area contributed by atoms with Crippen LogP contribution in [0.1, 0.15) is 18.5 Å². The van der Waals surface area contributed by atoms with Crippen molar-refractivity contribution in [2.24, 2.45) is 5.73 Å². The number of hydrogen-bond acceptors (Lipinski definition) is 2. The molecule has 2 aromatic carbocycles. The number of rotatable bonds is 3. The van der Waals surface area contributed by atoms with Gasteiger partial charge >= 0.3 is 0 Å². The van der Waals surface area contributed by atoms with Gasteiger partial charge in [-0.25, -0.2) is 8.78 Å². The minimum absolute atomic E-state index is 0.112. The van der Waals surface area contributed by atoms with Crippen LogP contribution in [0.3, 0.4) is 0 Å². The molecular weight excluding hydrogens is 236 g/mol.